The summed E-state index contributed by atoms with van der Waals surface area (Å²) in [4.78, 5) is 26.2. The minimum atomic E-state index is -3.56. The summed E-state index contributed by atoms with van der Waals surface area (Å²) >= 11 is 0. The van der Waals surface area contributed by atoms with Crippen LogP contribution in [0, 0.1) is 27.7 Å². The summed E-state index contributed by atoms with van der Waals surface area (Å²) in [5.41, 5.74) is 4.74. The lowest BCUT2D eigenvalue weighted by Crippen LogP contribution is -2.20. The van der Waals surface area contributed by atoms with E-state index in [1.54, 1.807) is 24.3 Å². The highest BCUT2D eigenvalue weighted by Gasteiger charge is 2.37. The first-order valence-electron chi connectivity index (χ1n) is 10.7. The number of ether oxygens (including phenoxy) is 1. The zero-order valence-electron chi connectivity index (χ0n) is 19.1. The van der Waals surface area contributed by atoms with Crippen LogP contribution in [-0.2, 0) is 20.7 Å². The topological polar surface area (TPSA) is 60.4 Å². The molecule has 0 radical (unpaired) electrons. The van der Waals surface area contributed by atoms with Gasteiger partial charge in [0.25, 0.3) is 0 Å². The summed E-state index contributed by atoms with van der Waals surface area (Å²) < 4.78 is 19.6. The maximum atomic E-state index is 14.2. The molecule has 166 valence electrons. The molecular formula is C27H29O4P. The molecule has 32 heavy (non-hydrogen) atoms. The molecule has 3 rings (SSSR count). The van der Waals surface area contributed by atoms with Crippen LogP contribution in [0.3, 0.4) is 0 Å². The molecule has 5 heteroatoms. The van der Waals surface area contributed by atoms with Gasteiger partial charge < -0.3 is 9.30 Å². The highest BCUT2D eigenvalue weighted by molar-refractivity contribution is 7.87. The van der Waals surface area contributed by atoms with E-state index in [1.165, 1.54) is 0 Å². The molecule has 1 atom stereocenters. The Morgan fingerprint density at radius 1 is 0.812 bits per heavy atom. The van der Waals surface area contributed by atoms with Gasteiger partial charge in [0.05, 0.1) is 6.42 Å². The molecule has 0 bridgehead atoms. The van der Waals surface area contributed by atoms with Crippen molar-refractivity contribution in [2.24, 2.45) is 0 Å². The molecular weight excluding hydrogens is 419 g/mol. The van der Waals surface area contributed by atoms with Gasteiger partial charge in [-0.2, -0.15) is 0 Å². The van der Waals surface area contributed by atoms with E-state index in [9.17, 15) is 14.2 Å². The van der Waals surface area contributed by atoms with E-state index in [0.717, 1.165) is 27.8 Å². The van der Waals surface area contributed by atoms with Gasteiger partial charge in [-0.05, 0) is 55.5 Å². The molecule has 0 aliphatic carbocycles. The van der Waals surface area contributed by atoms with Crippen LogP contribution in [0.15, 0.2) is 66.7 Å². The van der Waals surface area contributed by atoms with Crippen LogP contribution < -0.4 is 5.30 Å². The van der Waals surface area contributed by atoms with Crippen molar-refractivity contribution in [3.05, 3.63) is 100 Å². The fourth-order valence-electron chi connectivity index (χ4n) is 3.87. The van der Waals surface area contributed by atoms with Crippen LogP contribution in [-0.4, -0.2) is 17.7 Å². The lowest BCUT2D eigenvalue weighted by Gasteiger charge is -2.21. The van der Waals surface area contributed by atoms with Crippen LogP contribution in [0.2, 0.25) is 0 Å². The molecule has 0 N–H and O–H groups in total. The van der Waals surface area contributed by atoms with Gasteiger partial charge in [0, 0.05) is 17.0 Å². The molecule has 0 saturated heterocycles. The Morgan fingerprint density at radius 3 is 2.03 bits per heavy atom. The average Bonchev–Trinajstić information content (AvgIpc) is 2.81. The Morgan fingerprint density at radius 2 is 1.41 bits per heavy atom. The smallest absolute Gasteiger partial charge is 0.306 e. The zero-order valence-corrected chi connectivity index (χ0v) is 19.9. The highest BCUT2D eigenvalue weighted by Crippen LogP contribution is 2.49. The van der Waals surface area contributed by atoms with Crippen molar-refractivity contribution in [1.29, 1.82) is 0 Å². The minimum Gasteiger partial charge on any atom is -0.461 e. The van der Waals surface area contributed by atoms with Crippen molar-refractivity contribution in [1.82, 2.24) is 0 Å². The van der Waals surface area contributed by atoms with Gasteiger partial charge in [-0.1, -0.05) is 66.7 Å². The second-order valence-electron chi connectivity index (χ2n) is 8.14. The van der Waals surface area contributed by atoms with Crippen molar-refractivity contribution in [3.63, 3.8) is 0 Å². The number of benzene rings is 3. The second-order valence-corrected chi connectivity index (χ2v) is 11.0. The van der Waals surface area contributed by atoms with Crippen LogP contribution in [0.5, 0.6) is 0 Å². The predicted octanol–water partition coefficient (Wildman–Crippen LogP) is 5.88. The van der Waals surface area contributed by atoms with Crippen LogP contribution in [0.25, 0.3) is 0 Å². The van der Waals surface area contributed by atoms with E-state index in [2.05, 4.69) is 0 Å². The van der Waals surface area contributed by atoms with E-state index in [0.29, 0.717) is 10.9 Å². The number of carbonyl (C=O) groups is 2. The standard InChI is InChI=1S/C27H29O4P/c1-19-17-20(2)26(22(4)21(19)3)27(29)32(30,24-13-9-6-10-14-24)16-15-25(28)31-18-23-11-7-5-8-12-23/h5-14,17H,15-16,18H2,1-4H3. The third-order valence-electron chi connectivity index (χ3n) is 5.95. The van der Waals surface area contributed by atoms with Crippen molar-refractivity contribution < 1.29 is 18.9 Å². The van der Waals surface area contributed by atoms with Gasteiger partial charge in [-0.25, -0.2) is 0 Å². The number of carbonyl (C=O) groups excluding carboxylic acids is 2. The maximum Gasteiger partial charge on any atom is 0.306 e. The fraction of sp³-hybridized carbons (Fsp3) is 0.259. The highest BCUT2D eigenvalue weighted by atomic mass is 31.2. The number of rotatable bonds is 8. The van der Waals surface area contributed by atoms with Gasteiger partial charge in [0.1, 0.15) is 6.61 Å². The second kappa shape index (κ2) is 10.1. The Kier molecular flexibility index (Phi) is 7.48. The summed E-state index contributed by atoms with van der Waals surface area (Å²) in [7, 11) is -3.56. The van der Waals surface area contributed by atoms with Crippen LogP contribution >= 0.6 is 7.14 Å². The third kappa shape index (κ3) is 5.08. The Hall–Kier alpha value is -2.97. The van der Waals surface area contributed by atoms with Gasteiger partial charge in [-0.15, -0.1) is 0 Å². The molecule has 4 nitrogen and oxygen atoms in total. The molecule has 0 aliphatic rings. The van der Waals surface area contributed by atoms with Crippen molar-refractivity contribution in [2.75, 3.05) is 6.16 Å². The summed E-state index contributed by atoms with van der Waals surface area (Å²) in [6.45, 7) is 7.89. The molecule has 0 fully saturated rings. The van der Waals surface area contributed by atoms with E-state index < -0.39 is 18.6 Å². The normalized spacial score (nSPS) is 12.8. The summed E-state index contributed by atoms with van der Waals surface area (Å²) in [5, 5.41) is 0.470. The van der Waals surface area contributed by atoms with E-state index in [4.69, 9.17) is 4.74 Å². The van der Waals surface area contributed by atoms with E-state index in [1.807, 2.05) is 70.2 Å². The van der Waals surface area contributed by atoms with Crippen molar-refractivity contribution in [3.8, 4) is 0 Å². The van der Waals surface area contributed by atoms with Crippen molar-refractivity contribution >= 4 is 23.9 Å². The lowest BCUT2D eigenvalue weighted by atomic mass is 9.95. The molecule has 0 heterocycles. The minimum absolute atomic E-state index is 0.0602. The number of hydrogen-bond donors (Lipinski definition) is 0. The van der Waals surface area contributed by atoms with Gasteiger partial charge in [-0.3, -0.25) is 9.59 Å². The predicted molar refractivity (Wildman–Crippen MR) is 129 cm³/mol. The summed E-state index contributed by atoms with van der Waals surface area (Å²) in [6, 6.07) is 20.1. The Labute approximate surface area is 190 Å². The first kappa shape index (κ1) is 23.7. The Bertz CT molecular complexity index is 1170. The molecule has 0 amide bonds. The molecule has 0 aromatic heterocycles. The van der Waals surface area contributed by atoms with E-state index in [-0.39, 0.29) is 19.2 Å². The Balaban J connectivity index is 1.88. The lowest BCUT2D eigenvalue weighted by molar-refractivity contribution is -0.144. The summed E-state index contributed by atoms with van der Waals surface area (Å²) in [5.74, 6) is -0.466. The number of hydrogen-bond acceptors (Lipinski definition) is 4. The SMILES string of the molecule is Cc1cc(C)c(C(=O)P(=O)(CCC(=O)OCc2ccccc2)c2ccccc2)c(C)c1C. The average molecular weight is 448 g/mol. The van der Waals surface area contributed by atoms with Crippen molar-refractivity contribution in [2.45, 2.75) is 40.7 Å². The van der Waals surface area contributed by atoms with Gasteiger partial charge in [0.15, 0.2) is 7.14 Å². The van der Waals surface area contributed by atoms with Crippen LogP contribution in [0.4, 0.5) is 0 Å². The molecule has 3 aromatic carbocycles. The monoisotopic (exact) mass is 448 g/mol. The van der Waals surface area contributed by atoms with Gasteiger partial charge in [0.2, 0.25) is 5.52 Å². The quantitative estimate of drug-likeness (QED) is 0.319. The molecule has 0 saturated carbocycles. The molecule has 1 unspecified atom stereocenters. The molecule has 3 aromatic rings. The van der Waals surface area contributed by atoms with E-state index >= 15 is 0 Å². The summed E-state index contributed by atoms with van der Waals surface area (Å²) in [6.07, 6.45) is -0.150. The first-order valence-corrected chi connectivity index (χ1v) is 12.6. The number of aryl methyl sites for hydroxylation is 2. The fourth-order valence-corrected chi connectivity index (χ4v) is 6.42. The van der Waals surface area contributed by atoms with Crippen LogP contribution in [0.1, 0.15) is 44.6 Å². The largest absolute Gasteiger partial charge is 0.461 e. The molecule has 0 aliphatic heterocycles. The third-order valence-corrected chi connectivity index (χ3v) is 8.81. The first-order chi connectivity index (χ1) is 15.2. The van der Waals surface area contributed by atoms with Gasteiger partial charge >= 0.3 is 5.97 Å². The zero-order chi connectivity index (χ0) is 23.3. The molecule has 0 spiro atoms. The number of esters is 1. The maximum absolute atomic E-state index is 14.2.